The van der Waals surface area contributed by atoms with Gasteiger partial charge in [0.15, 0.2) is 0 Å². The number of benzene rings is 3. The first-order valence-corrected chi connectivity index (χ1v) is 13.3. The number of rotatable bonds is 16. The summed E-state index contributed by atoms with van der Waals surface area (Å²) in [6, 6.07) is 22.9. The van der Waals surface area contributed by atoms with Gasteiger partial charge in [-0.15, -0.1) is 0 Å². The van der Waals surface area contributed by atoms with Crippen LogP contribution in [0, 0.1) is 0 Å². The second kappa shape index (κ2) is 16.2. The minimum absolute atomic E-state index is 0.357. The van der Waals surface area contributed by atoms with Crippen LogP contribution in [0.2, 0.25) is 0 Å². The van der Waals surface area contributed by atoms with E-state index in [2.05, 4.69) is 24.0 Å². The first kappa shape index (κ1) is 28.0. The lowest BCUT2D eigenvalue weighted by Crippen LogP contribution is -1.99. The molecule has 5 nitrogen and oxygen atoms in total. The third-order valence-electron chi connectivity index (χ3n) is 6.13. The highest BCUT2D eigenvalue weighted by Crippen LogP contribution is 2.18. The molecule has 0 saturated heterocycles. The number of unbranched alkanes of at least 4 members (excludes halogenated alkanes) is 7. The fourth-order valence-electron chi connectivity index (χ4n) is 3.88. The second-order valence-electron chi connectivity index (χ2n) is 9.12. The van der Waals surface area contributed by atoms with Crippen LogP contribution in [0.4, 0.5) is 5.69 Å². The summed E-state index contributed by atoms with van der Waals surface area (Å²) in [5.74, 6) is 1.36. The summed E-state index contributed by atoms with van der Waals surface area (Å²) in [5, 5.41) is 0. The molecule has 0 aliphatic heterocycles. The van der Waals surface area contributed by atoms with Crippen molar-refractivity contribution in [1.29, 1.82) is 0 Å². The maximum Gasteiger partial charge on any atom is 0.337 e. The highest BCUT2D eigenvalue weighted by molar-refractivity contribution is 5.90. The highest BCUT2D eigenvalue weighted by Gasteiger charge is 2.04. The van der Waals surface area contributed by atoms with Crippen LogP contribution in [0.25, 0.3) is 0 Å². The molecule has 0 spiro atoms. The Morgan fingerprint density at radius 3 is 1.97 bits per heavy atom. The number of aliphatic imine (C=N–C) groups is 1. The number of esters is 1. The van der Waals surface area contributed by atoms with Crippen LogP contribution >= 0.6 is 0 Å². The van der Waals surface area contributed by atoms with E-state index in [-0.39, 0.29) is 5.97 Å². The molecular formula is C32H39NO4. The summed E-state index contributed by atoms with van der Waals surface area (Å²) in [4.78, 5) is 16.0. The molecule has 3 aromatic rings. The normalized spacial score (nSPS) is 11.0. The van der Waals surface area contributed by atoms with Gasteiger partial charge in [-0.2, -0.15) is 0 Å². The third kappa shape index (κ3) is 10.5. The summed E-state index contributed by atoms with van der Waals surface area (Å²) in [7, 11) is 1.37. The van der Waals surface area contributed by atoms with Gasteiger partial charge in [-0.3, -0.25) is 4.99 Å². The van der Waals surface area contributed by atoms with Crippen LogP contribution in [0.5, 0.6) is 11.5 Å². The van der Waals surface area contributed by atoms with Gasteiger partial charge in [0.05, 0.1) is 25.0 Å². The quantitative estimate of drug-likeness (QED) is 0.112. The number of carbonyl (C=O) groups excluding carboxylic acids is 1. The van der Waals surface area contributed by atoms with Crippen molar-refractivity contribution in [1.82, 2.24) is 0 Å². The predicted octanol–water partition coefficient (Wildman–Crippen LogP) is 8.32. The van der Waals surface area contributed by atoms with Crippen LogP contribution < -0.4 is 9.47 Å². The van der Waals surface area contributed by atoms with Gasteiger partial charge < -0.3 is 14.2 Å². The van der Waals surface area contributed by atoms with E-state index >= 15 is 0 Å². The molecule has 0 aliphatic rings. The first-order valence-electron chi connectivity index (χ1n) is 13.3. The molecule has 37 heavy (non-hydrogen) atoms. The van der Waals surface area contributed by atoms with Gasteiger partial charge >= 0.3 is 5.97 Å². The molecule has 5 heteroatoms. The van der Waals surface area contributed by atoms with Crippen LogP contribution in [0.3, 0.4) is 0 Å². The maximum atomic E-state index is 11.5. The van der Waals surface area contributed by atoms with E-state index in [9.17, 15) is 4.79 Å². The van der Waals surface area contributed by atoms with Gasteiger partial charge in [0.25, 0.3) is 0 Å². The Morgan fingerprint density at radius 2 is 1.32 bits per heavy atom. The first-order chi connectivity index (χ1) is 18.2. The number of methoxy groups -OCH3 is 1. The van der Waals surface area contributed by atoms with Crippen molar-refractivity contribution in [2.75, 3.05) is 13.7 Å². The molecule has 0 N–H and O–H groups in total. The Kier molecular flexibility index (Phi) is 12.3. The molecule has 0 unspecified atom stereocenters. The van der Waals surface area contributed by atoms with E-state index < -0.39 is 0 Å². The van der Waals surface area contributed by atoms with Crippen molar-refractivity contribution in [3.63, 3.8) is 0 Å². The number of hydrogen-bond acceptors (Lipinski definition) is 5. The fraction of sp³-hybridized carbons (Fsp3) is 0.375. The van der Waals surface area contributed by atoms with E-state index in [0.29, 0.717) is 12.2 Å². The molecule has 0 atom stereocenters. The zero-order valence-electron chi connectivity index (χ0n) is 22.2. The predicted molar refractivity (Wildman–Crippen MR) is 150 cm³/mol. The van der Waals surface area contributed by atoms with Crippen molar-refractivity contribution in [3.05, 3.63) is 89.5 Å². The standard InChI is InChI=1S/C32H39NO4/c1-3-4-5-6-7-8-9-10-23-36-30-21-13-27(14-22-30)25-37-31-19-11-26(12-20-31)24-33-29-17-15-28(16-18-29)32(34)35-2/h11-22,24H,3-10,23,25H2,1-2H3. The lowest BCUT2D eigenvalue weighted by Gasteiger charge is -2.09. The highest BCUT2D eigenvalue weighted by atomic mass is 16.5. The monoisotopic (exact) mass is 501 g/mol. The molecular weight excluding hydrogens is 462 g/mol. The molecule has 3 aromatic carbocycles. The minimum atomic E-state index is -0.357. The van der Waals surface area contributed by atoms with E-state index in [1.54, 1.807) is 30.5 Å². The zero-order chi connectivity index (χ0) is 26.1. The molecule has 196 valence electrons. The Hall–Kier alpha value is -3.60. The molecule has 0 bridgehead atoms. The molecule has 3 rings (SSSR count). The Labute approximate surface area is 221 Å². The van der Waals surface area contributed by atoms with Gasteiger partial charge in [0, 0.05) is 6.21 Å². The zero-order valence-corrected chi connectivity index (χ0v) is 22.2. The Morgan fingerprint density at radius 1 is 0.730 bits per heavy atom. The number of carbonyl (C=O) groups is 1. The smallest absolute Gasteiger partial charge is 0.337 e. The van der Waals surface area contributed by atoms with Gasteiger partial charge in [-0.1, -0.05) is 64.0 Å². The fourth-order valence-corrected chi connectivity index (χ4v) is 3.88. The van der Waals surface area contributed by atoms with E-state index in [1.165, 1.54) is 52.1 Å². The maximum absolute atomic E-state index is 11.5. The van der Waals surface area contributed by atoms with Gasteiger partial charge in [0.2, 0.25) is 0 Å². The summed E-state index contributed by atoms with van der Waals surface area (Å²) in [6.45, 7) is 3.53. The number of ether oxygens (including phenoxy) is 3. The minimum Gasteiger partial charge on any atom is -0.494 e. The number of nitrogens with zero attached hydrogens (tertiary/aromatic N) is 1. The molecule has 0 saturated carbocycles. The lowest BCUT2D eigenvalue weighted by molar-refractivity contribution is 0.0600. The number of hydrogen-bond donors (Lipinski definition) is 0. The van der Waals surface area contributed by atoms with Crippen LogP contribution in [-0.2, 0) is 11.3 Å². The van der Waals surface area contributed by atoms with Gasteiger partial charge in [-0.25, -0.2) is 4.79 Å². The summed E-state index contributed by atoms with van der Waals surface area (Å²) in [5.41, 5.74) is 3.32. The summed E-state index contributed by atoms with van der Waals surface area (Å²) >= 11 is 0. The van der Waals surface area contributed by atoms with Crippen molar-refractivity contribution >= 4 is 17.9 Å². The van der Waals surface area contributed by atoms with Crippen LogP contribution in [0.1, 0.15) is 79.8 Å². The molecule has 0 amide bonds. The van der Waals surface area contributed by atoms with Crippen molar-refractivity contribution in [3.8, 4) is 11.5 Å². The van der Waals surface area contributed by atoms with Gasteiger partial charge in [0.1, 0.15) is 18.1 Å². The molecule has 0 heterocycles. The van der Waals surface area contributed by atoms with Crippen molar-refractivity contribution < 1.29 is 19.0 Å². The summed E-state index contributed by atoms with van der Waals surface area (Å²) < 4.78 is 16.5. The van der Waals surface area contributed by atoms with E-state index in [4.69, 9.17) is 14.2 Å². The second-order valence-corrected chi connectivity index (χ2v) is 9.12. The SMILES string of the molecule is CCCCCCCCCCOc1ccc(COc2ccc(C=Nc3ccc(C(=O)OC)cc3)cc2)cc1. The molecule has 0 aliphatic carbocycles. The average Bonchev–Trinajstić information content (AvgIpc) is 2.95. The summed E-state index contributed by atoms with van der Waals surface area (Å²) in [6.07, 6.45) is 12.2. The third-order valence-corrected chi connectivity index (χ3v) is 6.13. The molecule has 0 aromatic heterocycles. The Bertz CT molecular complexity index is 1070. The van der Waals surface area contributed by atoms with Crippen LogP contribution in [-0.4, -0.2) is 25.9 Å². The van der Waals surface area contributed by atoms with Gasteiger partial charge in [-0.05, 0) is 78.2 Å². The van der Waals surface area contributed by atoms with E-state index in [0.717, 1.165) is 41.3 Å². The molecule has 0 fully saturated rings. The largest absolute Gasteiger partial charge is 0.494 e. The van der Waals surface area contributed by atoms with E-state index in [1.807, 2.05) is 36.4 Å². The lowest BCUT2D eigenvalue weighted by atomic mass is 10.1. The van der Waals surface area contributed by atoms with Crippen molar-refractivity contribution in [2.45, 2.75) is 64.9 Å². The van der Waals surface area contributed by atoms with Crippen LogP contribution in [0.15, 0.2) is 77.8 Å². The topological polar surface area (TPSA) is 57.1 Å². The average molecular weight is 502 g/mol. The molecule has 0 radical (unpaired) electrons. The Balaban J connectivity index is 1.35. The van der Waals surface area contributed by atoms with Crippen molar-refractivity contribution in [2.24, 2.45) is 4.99 Å².